The second kappa shape index (κ2) is 4.74. The van der Waals surface area contributed by atoms with Gasteiger partial charge in [-0.05, 0) is 6.92 Å². The summed E-state index contributed by atoms with van der Waals surface area (Å²) in [5, 5.41) is 8.70. The zero-order valence-corrected chi connectivity index (χ0v) is 10.2. The largest absolute Gasteiger partial charge is 0.449 e. The lowest BCUT2D eigenvalue weighted by molar-refractivity contribution is -0.147. The second-order valence-electron chi connectivity index (χ2n) is 4.33. The van der Waals surface area contributed by atoms with E-state index in [0.29, 0.717) is 16.7 Å². The predicted octanol–water partition coefficient (Wildman–Crippen LogP) is 3.49. The number of fused-ring (bicyclic) bond motifs is 1. The lowest BCUT2D eigenvalue weighted by atomic mass is 10.2. The number of imidazole rings is 1. The van der Waals surface area contributed by atoms with Gasteiger partial charge in [-0.2, -0.15) is 18.4 Å². The molecule has 2 aromatic rings. The molecular formula is C12H8F5N3. The highest BCUT2D eigenvalue weighted by Crippen LogP contribution is 2.32. The molecule has 1 atom stereocenters. The van der Waals surface area contributed by atoms with Crippen LogP contribution in [0.25, 0.3) is 11.0 Å². The van der Waals surface area contributed by atoms with Gasteiger partial charge in [0.25, 0.3) is 0 Å². The summed E-state index contributed by atoms with van der Waals surface area (Å²) in [6, 6.07) is 3.04. The van der Waals surface area contributed by atoms with Crippen LogP contribution < -0.4 is 0 Å². The van der Waals surface area contributed by atoms with Crippen molar-refractivity contribution in [3.63, 3.8) is 0 Å². The van der Waals surface area contributed by atoms with Crippen molar-refractivity contribution in [3.05, 3.63) is 29.6 Å². The molecule has 0 fully saturated rings. The van der Waals surface area contributed by atoms with Gasteiger partial charge in [0, 0.05) is 18.7 Å². The van der Waals surface area contributed by atoms with E-state index >= 15 is 0 Å². The number of hydrogen-bond acceptors (Lipinski definition) is 2. The Balaban J connectivity index is 2.72. The maximum absolute atomic E-state index is 13.2. The lowest BCUT2D eigenvalue weighted by Crippen LogP contribution is -2.17. The predicted molar refractivity (Wildman–Crippen MR) is 59.4 cm³/mol. The van der Waals surface area contributed by atoms with Crippen molar-refractivity contribution in [1.82, 2.24) is 9.55 Å². The minimum absolute atomic E-state index is 0.196. The van der Waals surface area contributed by atoms with E-state index in [2.05, 4.69) is 4.98 Å². The van der Waals surface area contributed by atoms with Crippen molar-refractivity contribution in [2.24, 2.45) is 5.92 Å². The number of nitrogens with zero attached hydrogens (tertiary/aromatic N) is 3. The standard InChI is InChI=1S/C12H8F5N3/c1-6(4-18)5-20-10-3-8(14)7(13)2-9(10)19-11(20)12(15,16)17/h2-3,6H,5H2,1H3. The molecule has 1 heterocycles. The van der Waals surface area contributed by atoms with Gasteiger partial charge in [0.15, 0.2) is 11.6 Å². The molecule has 0 amide bonds. The minimum Gasteiger partial charge on any atom is -0.319 e. The van der Waals surface area contributed by atoms with Gasteiger partial charge < -0.3 is 4.57 Å². The SMILES string of the molecule is CC(C#N)Cn1c(C(F)(F)F)nc2cc(F)c(F)cc21. The number of benzene rings is 1. The van der Waals surface area contributed by atoms with Crippen molar-refractivity contribution < 1.29 is 22.0 Å². The first-order chi connectivity index (χ1) is 9.24. The molecule has 1 aromatic carbocycles. The van der Waals surface area contributed by atoms with Crippen molar-refractivity contribution in [3.8, 4) is 6.07 Å². The van der Waals surface area contributed by atoms with Gasteiger partial charge in [-0.15, -0.1) is 0 Å². The van der Waals surface area contributed by atoms with Gasteiger partial charge in [-0.3, -0.25) is 0 Å². The maximum atomic E-state index is 13.2. The van der Waals surface area contributed by atoms with Gasteiger partial charge in [0.2, 0.25) is 5.82 Å². The second-order valence-corrected chi connectivity index (χ2v) is 4.33. The van der Waals surface area contributed by atoms with E-state index < -0.39 is 29.6 Å². The number of hydrogen-bond donors (Lipinski definition) is 0. The molecule has 0 aliphatic heterocycles. The summed E-state index contributed by atoms with van der Waals surface area (Å²) in [6.45, 7) is 1.11. The van der Waals surface area contributed by atoms with Crippen LogP contribution in [0.3, 0.4) is 0 Å². The first kappa shape index (κ1) is 14.2. The highest BCUT2D eigenvalue weighted by Gasteiger charge is 2.38. The smallest absolute Gasteiger partial charge is 0.319 e. The van der Waals surface area contributed by atoms with Crippen LogP contribution >= 0.6 is 0 Å². The Morgan fingerprint density at radius 1 is 1.30 bits per heavy atom. The van der Waals surface area contributed by atoms with Crippen LogP contribution in [-0.2, 0) is 12.7 Å². The Kier molecular flexibility index (Phi) is 3.38. The third-order valence-electron chi connectivity index (χ3n) is 2.72. The summed E-state index contributed by atoms with van der Waals surface area (Å²) in [7, 11) is 0. The van der Waals surface area contributed by atoms with Crippen molar-refractivity contribution in [2.75, 3.05) is 0 Å². The number of halogens is 5. The Morgan fingerprint density at radius 3 is 2.45 bits per heavy atom. The quantitative estimate of drug-likeness (QED) is 0.794. The molecule has 3 nitrogen and oxygen atoms in total. The first-order valence-corrected chi connectivity index (χ1v) is 5.56. The summed E-state index contributed by atoms with van der Waals surface area (Å²) < 4.78 is 65.6. The molecule has 1 aromatic heterocycles. The van der Waals surface area contributed by atoms with Gasteiger partial charge in [0.05, 0.1) is 23.0 Å². The van der Waals surface area contributed by atoms with Gasteiger partial charge in [0.1, 0.15) is 0 Å². The maximum Gasteiger partial charge on any atom is 0.449 e. The Hall–Kier alpha value is -2.17. The van der Waals surface area contributed by atoms with Crippen molar-refractivity contribution in [1.29, 1.82) is 5.26 Å². The van der Waals surface area contributed by atoms with E-state index in [9.17, 15) is 22.0 Å². The summed E-state index contributed by atoms with van der Waals surface area (Å²) >= 11 is 0. The molecular weight excluding hydrogens is 281 g/mol. The fourth-order valence-corrected chi connectivity index (χ4v) is 1.84. The third-order valence-corrected chi connectivity index (χ3v) is 2.72. The number of rotatable bonds is 2. The van der Waals surface area contributed by atoms with Gasteiger partial charge >= 0.3 is 6.18 Å². The normalized spacial score (nSPS) is 13.4. The lowest BCUT2D eigenvalue weighted by Gasteiger charge is -2.12. The fraction of sp³-hybridized carbons (Fsp3) is 0.333. The highest BCUT2D eigenvalue weighted by molar-refractivity contribution is 5.76. The third kappa shape index (κ3) is 2.43. The van der Waals surface area contributed by atoms with Crippen LogP contribution in [-0.4, -0.2) is 9.55 Å². The van der Waals surface area contributed by atoms with Crippen LogP contribution in [0.5, 0.6) is 0 Å². The average Bonchev–Trinajstić information content (AvgIpc) is 2.68. The zero-order chi connectivity index (χ0) is 15.1. The van der Waals surface area contributed by atoms with Crippen molar-refractivity contribution >= 4 is 11.0 Å². The number of nitriles is 1. The van der Waals surface area contributed by atoms with Gasteiger partial charge in [-0.1, -0.05) is 0 Å². The van der Waals surface area contributed by atoms with Crippen LogP contribution in [0.4, 0.5) is 22.0 Å². The molecule has 0 N–H and O–H groups in total. The summed E-state index contributed by atoms with van der Waals surface area (Å²) in [4.78, 5) is 3.30. The van der Waals surface area contributed by atoms with Crippen LogP contribution in [0.2, 0.25) is 0 Å². The molecule has 0 aliphatic carbocycles. The average molecular weight is 289 g/mol. The molecule has 1 unspecified atom stereocenters. The first-order valence-electron chi connectivity index (χ1n) is 5.56. The summed E-state index contributed by atoms with van der Waals surface area (Å²) in [5.41, 5.74) is -0.500. The summed E-state index contributed by atoms with van der Waals surface area (Å²) in [6.07, 6.45) is -4.78. The Bertz CT molecular complexity index is 696. The van der Waals surface area contributed by atoms with Crippen molar-refractivity contribution in [2.45, 2.75) is 19.6 Å². The van der Waals surface area contributed by atoms with E-state index in [1.54, 1.807) is 6.07 Å². The molecule has 0 saturated carbocycles. The molecule has 0 spiro atoms. The van der Waals surface area contributed by atoms with E-state index in [1.165, 1.54) is 6.92 Å². The minimum atomic E-state index is -4.78. The molecule has 0 radical (unpaired) electrons. The van der Waals surface area contributed by atoms with Crippen LogP contribution in [0.1, 0.15) is 12.7 Å². The van der Waals surface area contributed by atoms with Crippen LogP contribution in [0.15, 0.2) is 12.1 Å². The van der Waals surface area contributed by atoms with E-state index in [1.807, 2.05) is 0 Å². The highest BCUT2D eigenvalue weighted by atomic mass is 19.4. The van der Waals surface area contributed by atoms with E-state index in [0.717, 1.165) is 0 Å². The number of alkyl halides is 3. The zero-order valence-electron chi connectivity index (χ0n) is 10.2. The monoisotopic (exact) mass is 289 g/mol. The summed E-state index contributed by atoms with van der Waals surface area (Å²) in [5.74, 6) is -4.55. The molecule has 8 heteroatoms. The number of aromatic nitrogens is 2. The topological polar surface area (TPSA) is 41.6 Å². The Morgan fingerprint density at radius 2 is 1.90 bits per heavy atom. The van der Waals surface area contributed by atoms with Gasteiger partial charge in [-0.25, -0.2) is 13.8 Å². The molecule has 20 heavy (non-hydrogen) atoms. The fourth-order valence-electron chi connectivity index (χ4n) is 1.84. The molecule has 2 rings (SSSR count). The molecule has 0 saturated heterocycles. The van der Waals surface area contributed by atoms with E-state index in [-0.39, 0.29) is 17.6 Å². The Labute approximate surface area is 110 Å². The van der Waals surface area contributed by atoms with E-state index in [4.69, 9.17) is 5.26 Å². The molecule has 0 aliphatic rings. The van der Waals surface area contributed by atoms with Crippen LogP contribution in [0, 0.1) is 28.9 Å². The molecule has 0 bridgehead atoms. The molecule has 106 valence electrons.